The summed E-state index contributed by atoms with van der Waals surface area (Å²) in [5.74, 6) is 1.66. The number of aromatic nitrogens is 4. The van der Waals surface area contributed by atoms with Crippen LogP contribution in [0.3, 0.4) is 0 Å². The molecule has 0 saturated carbocycles. The van der Waals surface area contributed by atoms with Gasteiger partial charge in [-0.2, -0.15) is 5.10 Å². The molecule has 0 unspecified atom stereocenters. The van der Waals surface area contributed by atoms with E-state index in [9.17, 15) is 9.18 Å². The maximum absolute atomic E-state index is 13.5. The smallest absolute Gasteiger partial charge is 0.244 e. The summed E-state index contributed by atoms with van der Waals surface area (Å²) in [7, 11) is 0. The van der Waals surface area contributed by atoms with Crippen molar-refractivity contribution in [1.82, 2.24) is 24.6 Å². The zero-order valence-electron chi connectivity index (χ0n) is 21.9. The molecule has 1 aliphatic rings. The molecule has 2 aromatic heterocycles. The van der Waals surface area contributed by atoms with E-state index in [1.807, 2.05) is 35.4 Å². The van der Waals surface area contributed by atoms with Crippen LogP contribution in [-0.4, -0.2) is 43.6 Å². The van der Waals surface area contributed by atoms with Crippen LogP contribution in [0.15, 0.2) is 72.9 Å². The average Bonchev–Trinajstić information content (AvgIpc) is 3.34. The molecule has 0 N–H and O–H groups in total. The van der Waals surface area contributed by atoms with Crippen LogP contribution >= 0.6 is 0 Å². The molecule has 38 heavy (non-hydrogen) atoms. The van der Waals surface area contributed by atoms with Crippen LogP contribution in [0.5, 0.6) is 0 Å². The second kappa shape index (κ2) is 12.1. The number of piperidine rings is 1. The van der Waals surface area contributed by atoms with Crippen LogP contribution in [0.1, 0.15) is 41.9 Å². The number of hydrogen-bond acceptors (Lipinski definition) is 4. The highest BCUT2D eigenvalue weighted by molar-refractivity contribution is 5.76. The molecule has 3 heterocycles. The van der Waals surface area contributed by atoms with Crippen molar-refractivity contribution in [3.8, 4) is 11.4 Å². The summed E-state index contributed by atoms with van der Waals surface area (Å²) in [6.07, 6.45) is 7.46. The van der Waals surface area contributed by atoms with Gasteiger partial charge in [-0.15, -0.1) is 0 Å². The van der Waals surface area contributed by atoms with Crippen LogP contribution in [0.25, 0.3) is 11.4 Å². The molecule has 1 fully saturated rings. The summed E-state index contributed by atoms with van der Waals surface area (Å²) >= 11 is 0. The predicted octanol–water partition coefficient (Wildman–Crippen LogP) is 5.44. The Bertz CT molecular complexity index is 1340. The number of rotatable bonds is 9. The molecule has 0 aliphatic carbocycles. The van der Waals surface area contributed by atoms with Crippen molar-refractivity contribution >= 4 is 5.91 Å². The lowest BCUT2D eigenvalue weighted by Gasteiger charge is -2.32. The third kappa shape index (κ3) is 6.71. The number of carbonyl (C=O) groups excluding carboxylic acids is 1. The first-order valence-corrected chi connectivity index (χ1v) is 13.5. The van der Waals surface area contributed by atoms with Crippen molar-refractivity contribution < 1.29 is 9.18 Å². The van der Waals surface area contributed by atoms with Gasteiger partial charge < -0.3 is 4.90 Å². The lowest BCUT2D eigenvalue weighted by atomic mass is 9.91. The van der Waals surface area contributed by atoms with E-state index in [-0.39, 0.29) is 18.3 Å². The Balaban J connectivity index is 1.21. The van der Waals surface area contributed by atoms with Crippen molar-refractivity contribution in [3.05, 3.63) is 101 Å². The second-order valence-corrected chi connectivity index (χ2v) is 10.2. The van der Waals surface area contributed by atoms with Gasteiger partial charge in [0.05, 0.1) is 0 Å². The number of nitrogens with zero attached hydrogens (tertiary/aromatic N) is 5. The van der Waals surface area contributed by atoms with Gasteiger partial charge in [-0.05, 0) is 92.5 Å². The van der Waals surface area contributed by atoms with E-state index in [0.29, 0.717) is 18.2 Å². The molecule has 196 valence electrons. The van der Waals surface area contributed by atoms with E-state index in [0.717, 1.165) is 62.3 Å². The number of halogens is 1. The maximum atomic E-state index is 13.5. The SMILES string of the molecule is Cc1ccnc(CCC2CCN(C(=O)Cn3nc(-c4ccc(F)cc4)nc3CCc3ccccc3)CC2)c1. The van der Waals surface area contributed by atoms with Gasteiger partial charge in [0.25, 0.3) is 0 Å². The van der Waals surface area contributed by atoms with E-state index in [4.69, 9.17) is 4.98 Å². The molecule has 7 heteroatoms. The third-order valence-electron chi connectivity index (χ3n) is 7.36. The number of pyridine rings is 1. The highest BCUT2D eigenvalue weighted by atomic mass is 19.1. The first kappa shape index (κ1) is 25.8. The minimum Gasteiger partial charge on any atom is -0.341 e. The van der Waals surface area contributed by atoms with Crippen molar-refractivity contribution in [2.75, 3.05) is 13.1 Å². The van der Waals surface area contributed by atoms with Gasteiger partial charge in [0, 0.05) is 37.0 Å². The lowest BCUT2D eigenvalue weighted by molar-refractivity contribution is -0.133. The number of hydrogen-bond donors (Lipinski definition) is 0. The number of carbonyl (C=O) groups is 1. The molecule has 0 bridgehead atoms. The van der Waals surface area contributed by atoms with Gasteiger partial charge in [0.1, 0.15) is 18.2 Å². The summed E-state index contributed by atoms with van der Waals surface area (Å²) < 4.78 is 15.2. The molecule has 0 atom stereocenters. The largest absolute Gasteiger partial charge is 0.341 e. The van der Waals surface area contributed by atoms with Crippen LogP contribution in [0.4, 0.5) is 4.39 Å². The Labute approximate surface area is 223 Å². The summed E-state index contributed by atoms with van der Waals surface area (Å²) in [4.78, 5) is 24.5. The fraction of sp³-hybridized carbons (Fsp3) is 0.355. The minimum absolute atomic E-state index is 0.0697. The van der Waals surface area contributed by atoms with Gasteiger partial charge in [-0.1, -0.05) is 30.3 Å². The van der Waals surface area contributed by atoms with E-state index in [2.05, 4.69) is 35.2 Å². The van der Waals surface area contributed by atoms with Crippen LogP contribution < -0.4 is 0 Å². The molecule has 4 aromatic rings. The van der Waals surface area contributed by atoms with Gasteiger partial charge >= 0.3 is 0 Å². The van der Waals surface area contributed by atoms with Crippen LogP contribution in [-0.2, 0) is 30.6 Å². The standard InChI is InChI=1S/C31H34FN5O/c1-23-15-18-33-28(21-23)13-7-25-16-19-36(20-17-25)30(38)22-37-29(14-8-24-5-3-2-4-6-24)34-31(35-37)26-9-11-27(32)12-10-26/h2-6,9-12,15,18,21,25H,7-8,13-14,16-17,19-20,22H2,1H3. The highest BCUT2D eigenvalue weighted by Crippen LogP contribution is 2.23. The Morgan fingerprint density at radius 3 is 2.47 bits per heavy atom. The van der Waals surface area contributed by atoms with E-state index < -0.39 is 0 Å². The van der Waals surface area contributed by atoms with Crippen molar-refractivity contribution in [2.24, 2.45) is 5.92 Å². The molecule has 0 spiro atoms. The minimum atomic E-state index is -0.300. The number of benzene rings is 2. The first-order valence-electron chi connectivity index (χ1n) is 13.5. The van der Waals surface area contributed by atoms with Gasteiger partial charge in [0.15, 0.2) is 5.82 Å². The molecular formula is C31H34FN5O. The van der Waals surface area contributed by atoms with Gasteiger partial charge in [-0.3, -0.25) is 9.78 Å². The molecule has 6 nitrogen and oxygen atoms in total. The highest BCUT2D eigenvalue weighted by Gasteiger charge is 2.24. The summed E-state index contributed by atoms with van der Waals surface area (Å²) in [5.41, 5.74) is 4.34. The van der Waals surface area contributed by atoms with E-state index in [1.165, 1.54) is 23.3 Å². The topological polar surface area (TPSA) is 63.9 Å². The van der Waals surface area contributed by atoms with Crippen LogP contribution in [0.2, 0.25) is 0 Å². The third-order valence-corrected chi connectivity index (χ3v) is 7.36. The summed E-state index contributed by atoms with van der Waals surface area (Å²) in [6.45, 7) is 3.80. The van der Waals surface area contributed by atoms with Gasteiger partial charge in [-0.25, -0.2) is 14.1 Å². The Morgan fingerprint density at radius 2 is 1.74 bits per heavy atom. The quantitative estimate of drug-likeness (QED) is 0.300. The predicted molar refractivity (Wildman–Crippen MR) is 146 cm³/mol. The summed E-state index contributed by atoms with van der Waals surface area (Å²) in [5, 5.41) is 4.67. The number of aryl methyl sites for hydroxylation is 4. The van der Waals surface area contributed by atoms with E-state index in [1.54, 1.807) is 16.8 Å². The van der Waals surface area contributed by atoms with Crippen molar-refractivity contribution in [1.29, 1.82) is 0 Å². The number of likely N-dealkylation sites (tertiary alicyclic amines) is 1. The number of amides is 1. The van der Waals surface area contributed by atoms with Crippen molar-refractivity contribution in [2.45, 2.75) is 52.0 Å². The Morgan fingerprint density at radius 1 is 0.974 bits per heavy atom. The monoisotopic (exact) mass is 511 g/mol. The molecule has 1 saturated heterocycles. The molecule has 0 radical (unpaired) electrons. The molecule has 2 aromatic carbocycles. The second-order valence-electron chi connectivity index (χ2n) is 10.2. The molecular weight excluding hydrogens is 477 g/mol. The average molecular weight is 512 g/mol. The normalized spacial score (nSPS) is 14.1. The maximum Gasteiger partial charge on any atom is 0.244 e. The zero-order chi connectivity index (χ0) is 26.3. The molecule has 1 amide bonds. The molecule has 1 aliphatic heterocycles. The zero-order valence-corrected chi connectivity index (χ0v) is 21.9. The fourth-order valence-corrected chi connectivity index (χ4v) is 5.09. The van der Waals surface area contributed by atoms with Crippen molar-refractivity contribution in [3.63, 3.8) is 0 Å². The fourth-order valence-electron chi connectivity index (χ4n) is 5.09. The first-order chi connectivity index (χ1) is 18.5. The van der Waals surface area contributed by atoms with E-state index >= 15 is 0 Å². The lowest BCUT2D eigenvalue weighted by Crippen LogP contribution is -2.40. The Hall–Kier alpha value is -3.87. The van der Waals surface area contributed by atoms with Gasteiger partial charge in [0.2, 0.25) is 5.91 Å². The summed E-state index contributed by atoms with van der Waals surface area (Å²) in [6, 6.07) is 20.6. The Kier molecular flexibility index (Phi) is 8.22. The van der Waals surface area contributed by atoms with Crippen LogP contribution in [0, 0.1) is 18.7 Å². The molecule has 5 rings (SSSR count).